The highest BCUT2D eigenvalue weighted by molar-refractivity contribution is 5.99. The summed E-state index contributed by atoms with van der Waals surface area (Å²) in [5.74, 6) is -0.447. The average molecular weight is 450 g/mol. The number of rotatable bonds is 9. The van der Waals surface area contributed by atoms with Crippen molar-refractivity contribution >= 4 is 22.9 Å². The van der Waals surface area contributed by atoms with Crippen LogP contribution in [0, 0.1) is 5.82 Å². The van der Waals surface area contributed by atoms with E-state index in [1.54, 1.807) is 25.1 Å². The minimum Gasteiger partial charge on any atom is -0.466 e. The summed E-state index contributed by atoms with van der Waals surface area (Å²) >= 11 is 0. The van der Waals surface area contributed by atoms with E-state index in [-0.39, 0.29) is 25.3 Å². The minimum absolute atomic E-state index is 0.0148. The first-order chi connectivity index (χ1) is 16.0. The Morgan fingerprint density at radius 3 is 2.61 bits per heavy atom. The lowest BCUT2D eigenvalue weighted by atomic mass is 9.92. The van der Waals surface area contributed by atoms with Crippen molar-refractivity contribution < 1.29 is 24.1 Å². The topological polar surface area (TPSA) is 79.7 Å². The number of carbonyl (C=O) groups excluding carboxylic acids is 1. The molecule has 1 fully saturated rings. The number of ether oxygens (including phenoxy) is 1. The molecule has 2 aromatic carbocycles. The maximum Gasteiger partial charge on any atom is 0.308 e. The zero-order valence-electron chi connectivity index (χ0n) is 18.6. The number of nitrogens with zero attached hydrogens (tertiary/aromatic N) is 1. The molecule has 2 atom stereocenters. The van der Waals surface area contributed by atoms with Gasteiger partial charge in [0.15, 0.2) is 0 Å². The van der Waals surface area contributed by atoms with Gasteiger partial charge in [-0.3, -0.25) is 9.78 Å². The first-order valence-corrected chi connectivity index (χ1v) is 11.3. The Kier molecular flexibility index (Phi) is 7.16. The number of pyridine rings is 1. The van der Waals surface area contributed by atoms with Gasteiger partial charge in [-0.25, -0.2) is 4.39 Å². The highest BCUT2D eigenvalue weighted by atomic mass is 19.1. The van der Waals surface area contributed by atoms with Crippen LogP contribution in [0.2, 0.25) is 0 Å². The number of carbonyl (C=O) groups is 1. The van der Waals surface area contributed by atoms with Crippen molar-refractivity contribution in [2.24, 2.45) is 0 Å². The average Bonchev–Trinajstić information content (AvgIpc) is 3.63. The van der Waals surface area contributed by atoms with E-state index in [1.165, 1.54) is 12.1 Å². The Balaban J connectivity index is 1.70. The Morgan fingerprint density at radius 2 is 1.91 bits per heavy atom. The molecule has 0 unspecified atom stereocenters. The summed E-state index contributed by atoms with van der Waals surface area (Å²) in [4.78, 5) is 16.5. The van der Waals surface area contributed by atoms with Crippen molar-refractivity contribution in [2.45, 2.75) is 50.7 Å². The number of aromatic nitrogens is 1. The molecule has 4 rings (SSSR count). The molecule has 1 aromatic heterocycles. The van der Waals surface area contributed by atoms with E-state index in [4.69, 9.17) is 9.72 Å². The standard InChI is InChI=1S/C27H28FNO4/c1-2-33-25(32)16-21(31)15-20(30)13-14-23-26(17-9-11-19(28)12-10-17)22-5-3-4-6-24(22)29-27(23)18-7-8-18/h3-6,9-14,18,20-21,30-31H,2,7-8,15-16H2,1H3/b14-13-/t20-,21+/m0/s1. The number of aliphatic hydroxyl groups excluding tert-OH is 2. The smallest absolute Gasteiger partial charge is 0.308 e. The second-order valence-corrected chi connectivity index (χ2v) is 8.41. The summed E-state index contributed by atoms with van der Waals surface area (Å²) in [6.45, 7) is 1.95. The van der Waals surface area contributed by atoms with E-state index in [2.05, 4.69) is 0 Å². The molecular formula is C27H28FNO4. The SMILES string of the molecule is CCOC(=O)C[C@H](O)C[C@@H](O)/C=C\c1c(C2CC2)nc2ccccc2c1-c1ccc(F)cc1. The molecule has 1 heterocycles. The Hall–Kier alpha value is -3.09. The van der Waals surface area contributed by atoms with Crippen LogP contribution in [0.3, 0.4) is 0 Å². The largest absolute Gasteiger partial charge is 0.466 e. The van der Waals surface area contributed by atoms with E-state index in [1.807, 2.05) is 30.3 Å². The summed E-state index contributed by atoms with van der Waals surface area (Å²) < 4.78 is 18.5. The number of halogens is 1. The normalized spacial score (nSPS) is 15.6. The van der Waals surface area contributed by atoms with Crippen molar-refractivity contribution in [1.29, 1.82) is 0 Å². The quantitative estimate of drug-likeness (QED) is 0.450. The lowest BCUT2D eigenvalue weighted by Gasteiger charge is -2.16. The fourth-order valence-electron chi connectivity index (χ4n) is 4.07. The van der Waals surface area contributed by atoms with Gasteiger partial charge in [-0.2, -0.15) is 0 Å². The van der Waals surface area contributed by atoms with E-state index >= 15 is 0 Å². The highest BCUT2D eigenvalue weighted by Crippen LogP contribution is 2.45. The van der Waals surface area contributed by atoms with Gasteiger partial charge in [0, 0.05) is 28.9 Å². The van der Waals surface area contributed by atoms with E-state index in [0.29, 0.717) is 5.92 Å². The predicted octanol–water partition coefficient (Wildman–Crippen LogP) is 5.00. The Labute approximate surface area is 192 Å². The molecule has 0 radical (unpaired) electrons. The number of para-hydroxylation sites is 1. The van der Waals surface area contributed by atoms with Crippen molar-refractivity contribution in [2.75, 3.05) is 6.61 Å². The third kappa shape index (κ3) is 5.64. The van der Waals surface area contributed by atoms with Crippen LogP contribution < -0.4 is 0 Å². The fourth-order valence-corrected chi connectivity index (χ4v) is 4.07. The molecule has 0 amide bonds. The zero-order valence-corrected chi connectivity index (χ0v) is 18.6. The van der Waals surface area contributed by atoms with Gasteiger partial charge >= 0.3 is 5.97 Å². The van der Waals surface area contributed by atoms with Crippen LogP contribution in [0.1, 0.15) is 49.8 Å². The molecule has 33 heavy (non-hydrogen) atoms. The second kappa shape index (κ2) is 10.2. The van der Waals surface area contributed by atoms with Crippen molar-refractivity contribution in [3.05, 3.63) is 71.7 Å². The summed E-state index contributed by atoms with van der Waals surface area (Å²) in [6, 6.07) is 14.3. The second-order valence-electron chi connectivity index (χ2n) is 8.41. The minimum atomic E-state index is -1.00. The maximum atomic E-state index is 13.6. The van der Waals surface area contributed by atoms with Gasteiger partial charge < -0.3 is 14.9 Å². The van der Waals surface area contributed by atoms with Crippen molar-refractivity contribution in [3.63, 3.8) is 0 Å². The maximum absolute atomic E-state index is 13.6. The molecule has 1 aliphatic carbocycles. The lowest BCUT2D eigenvalue weighted by molar-refractivity contribution is -0.145. The molecule has 0 aliphatic heterocycles. The Bertz CT molecular complexity index is 1150. The number of hydrogen-bond acceptors (Lipinski definition) is 5. The third-order valence-corrected chi connectivity index (χ3v) is 5.76. The molecule has 1 saturated carbocycles. The molecular weight excluding hydrogens is 421 g/mol. The zero-order chi connectivity index (χ0) is 23.4. The van der Waals surface area contributed by atoms with Crippen LogP contribution in [0.4, 0.5) is 4.39 Å². The number of fused-ring (bicyclic) bond motifs is 1. The van der Waals surface area contributed by atoms with Crippen LogP contribution in [-0.2, 0) is 9.53 Å². The predicted molar refractivity (Wildman–Crippen MR) is 126 cm³/mol. The first kappa shape index (κ1) is 23.1. The number of aliphatic hydroxyl groups is 2. The van der Waals surface area contributed by atoms with Gasteiger partial charge in [0.05, 0.1) is 36.4 Å². The summed E-state index contributed by atoms with van der Waals surface area (Å²) in [5.41, 5.74) is 4.54. The monoisotopic (exact) mass is 449 g/mol. The van der Waals surface area contributed by atoms with Gasteiger partial charge in [0.2, 0.25) is 0 Å². The van der Waals surface area contributed by atoms with Gasteiger partial charge in [0.1, 0.15) is 5.82 Å². The van der Waals surface area contributed by atoms with Gasteiger partial charge in [-0.15, -0.1) is 0 Å². The molecule has 0 bridgehead atoms. The summed E-state index contributed by atoms with van der Waals surface area (Å²) in [7, 11) is 0. The van der Waals surface area contributed by atoms with Crippen molar-refractivity contribution in [1.82, 2.24) is 4.98 Å². The van der Waals surface area contributed by atoms with E-state index < -0.39 is 18.2 Å². The van der Waals surface area contributed by atoms with Crippen LogP contribution in [0.5, 0.6) is 0 Å². The van der Waals surface area contributed by atoms with E-state index in [9.17, 15) is 19.4 Å². The van der Waals surface area contributed by atoms with Crippen LogP contribution >= 0.6 is 0 Å². The molecule has 0 saturated heterocycles. The van der Waals surface area contributed by atoms with Gasteiger partial charge in [-0.05, 0) is 43.5 Å². The molecule has 2 N–H and O–H groups in total. The van der Waals surface area contributed by atoms with Crippen LogP contribution in [0.15, 0.2) is 54.6 Å². The number of hydrogen-bond donors (Lipinski definition) is 2. The number of benzene rings is 2. The Morgan fingerprint density at radius 1 is 1.18 bits per heavy atom. The third-order valence-electron chi connectivity index (χ3n) is 5.76. The molecule has 0 spiro atoms. The molecule has 3 aromatic rings. The van der Waals surface area contributed by atoms with Gasteiger partial charge in [0.25, 0.3) is 0 Å². The van der Waals surface area contributed by atoms with E-state index in [0.717, 1.165) is 46.1 Å². The lowest BCUT2D eigenvalue weighted by Crippen LogP contribution is -2.20. The highest BCUT2D eigenvalue weighted by Gasteiger charge is 2.29. The number of esters is 1. The van der Waals surface area contributed by atoms with Gasteiger partial charge in [-0.1, -0.05) is 42.5 Å². The fraction of sp³-hybridized carbons (Fsp3) is 0.333. The summed E-state index contributed by atoms with van der Waals surface area (Å²) in [5, 5.41) is 21.6. The first-order valence-electron chi connectivity index (χ1n) is 11.3. The van der Waals surface area contributed by atoms with Crippen molar-refractivity contribution in [3.8, 4) is 11.1 Å². The molecule has 1 aliphatic rings. The van der Waals surface area contributed by atoms with Crippen LogP contribution in [-0.4, -0.2) is 40.0 Å². The molecule has 5 nitrogen and oxygen atoms in total. The summed E-state index contributed by atoms with van der Waals surface area (Å²) in [6.07, 6.45) is 3.47. The molecule has 172 valence electrons. The molecule has 6 heteroatoms. The van der Waals surface area contributed by atoms with Crippen LogP contribution in [0.25, 0.3) is 28.1 Å².